The van der Waals surface area contributed by atoms with Gasteiger partial charge in [0.05, 0.1) is 5.75 Å². The van der Waals surface area contributed by atoms with Crippen LogP contribution in [0.2, 0.25) is 0 Å². The Morgan fingerprint density at radius 3 is 2.71 bits per heavy atom. The van der Waals surface area contributed by atoms with Crippen molar-refractivity contribution < 1.29 is 8.42 Å². The molecule has 0 spiro atoms. The molecule has 0 heterocycles. The van der Waals surface area contributed by atoms with Gasteiger partial charge in [-0.3, -0.25) is 0 Å². The molecule has 2 rings (SSSR count). The molecule has 0 bridgehead atoms. The molecule has 1 aliphatic rings. The first-order valence-electron chi connectivity index (χ1n) is 8.09. The number of aryl methyl sites for hydroxylation is 1. The Bertz CT molecular complexity index is 554. The van der Waals surface area contributed by atoms with Gasteiger partial charge in [-0.25, -0.2) is 8.42 Å². The van der Waals surface area contributed by atoms with Crippen molar-refractivity contribution in [2.75, 3.05) is 18.1 Å². The molecule has 0 amide bonds. The van der Waals surface area contributed by atoms with Crippen LogP contribution >= 0.6 is 0 Å². The minimum Gasteiger partial charge on any atom is -0.310 e. The van der Waals surface area contributed by atoms with Crippen molar-refractivity contribution in [2.24, 2.45) is 5.92 Å². The highest BCUT2D eigenvalue weighted by atomic mass is 32.2. The molecule has 1 N–H and O–H groups in total. The minimum atomic E-state index is -2.83. The highest BCUT2D eigenvalue weighted by molar-refractivity contribution is 7.91. The van der Waals surface area contributed by atoms with Crippen LogP contribution in [0.4, 0.5) is 0 Å². The number of rotatable bonds is 7. The maximum absolute atomic E-state index is 11.6. The second-order valence-corrected chi connectivity index (χ2v) is 8.38. The highest BCUT2D eigenvalue weighted by Crippen LogP contribution is 2.36. The van der Waals surface area contributed by atoms with Crippen LogP contribution in [0.1, 0.15) is 50.3 Å². The molecule has 118 valence electrons. The molecule has 1 aliphatic carbocycles. The second-order valence-electron chi connectivity index (χ2n) is 5.91. The molecule has 0 aromatic heterocycles. The maximum Gasteiger partial charge on any atom is 0.150 e. The fraction of sp³-hybridized carbons (Fsp3) is 0.647. The lowest BCUT2D eigenvalue weighted by molar-refractivity contribution is 0.305. The number of benzene rings is 1. The Hall–Kier alpha value is -0.870. The quantitative estimate of drug-likeness (QED) is 0.842. The summed E-state index contributed by atoms with van der Waals surface area (Å²) in [5, 5.41) is 3.60. The van der Waals surface area contributed by atoms with Crippen LogP contribution in [0, 0.1) is 5.92 Å². The lowest BCUT2D eigenvalue weighted by atomic mass is 9.77. The van der Waals surface area contributed by atoms with Gasteiger partial charge in [0.1, 0.15) is 9.84 Å². The second kappa shape index (κ2) is 7.41. The predicted molar refractivity (Wildman–Crippen MR) is 88.2 cm³/mol. The summed E-state index contributed by atoms with van der Waals surface area (Å²) in [5.41, 5.74) is 2.86. The fourth-order valence-corrected chi connectivity index (χ4v) is 4.24. The summed E-state index contributed by atoms with van der Waals surface area (Å²) in [6, 6.07) is 9.03. The summed E-state index contributed by atoms with van der Waals surface area (Å²) in [4.78, 5) is 0. The first kappa shape index (κ1) is 16.5. The standard InChI is InChI=1S/C17H27NO2S/c1-3-18-17-15(9-7-13-21(19,20)4-2)12-11-14-8-5-6-10-16(14)17/h5-6,8,10,15,17-18H,3-4,7,9,11-13H2,1-2H3. The summed E-state index contributed by atoms with van der Waals surface area (Å²) in [6.45, 7) is 4.81. The van der Waals surface area contributed by atoms with E-state index >= 15 is 0 Å². The van der Waals surface area contributed by atoms with Crippen LogP contribution in [0.3, 0.4) is 0 Å². The Kier molecular flexibility index (Phi) is 5.82. The van der Waals surface area contributed by atoms with E-state index in [1.165, 1.54) is 11.1 Å². The molecule has 0 saturated carbocycles. The lowest BCUT2D eigenvalue weighted by Crippen LogP contribution is -2.32. The van der Waals surface area contributed by atoms with Crippen molar-refractivity contribution in [1.82, 2.24) is 5.32 Å². The van der Waals surface area contributed by atoms with Crippen LogP contribution < -0.4 is 5.32 Å². The molecular weight excluding hydrogens is 282 g/mol. The van der Waals surface area contributed by atoms with Crippen LogP contribution in [-0.4, -0.2) is 26.5 Å². The van der Waals surface area contributed by atoms with Gasteiger partial charge in [-0.05, 0) is 49.3 Å². The molecule has 0 fully saturated rings. The molecule has 4 heteroatoms. The molecule has 3 nitrogen and oxygen atoms in total. The van der Waals surface area contributed by atoms with E-state index in [1.54, 1.807) is 6.92 Å². The normalized spacial score (nSPS) is 22.0. The Morgan fingerprint density at radius 1 is 1.24 bits per heavy atom. The van der Waals surface area contributed by atoms with Gasteiger partial charge in [-0.1, -0.05) is 38.1 Å². The van der Waals surface area contributed by atoms with Crippen LogP contribution in [0.25, 0.3) is 0 Å². The maximum atomic E-state index is 11.6. The van der Waals surface area contributed by atoms with Gasteiger partial charge in [0.25, 0.3) is 0 Å². The Labute approximate surface area is 129 Å². The zero-order valence-electron chi connectivity index (χ0n) is 13.1. The zero-order chi connectivity index (χ0) is 15.3. The summed E-state index contributed by atoms with van der Waals surface area (Å²) in [6.07, 6.45) is 4.04. The minimum absolute atomic E-state index is 0.261. The van der Waals surface area contributed by atoms with Gasteiger partial charge in [-0.15, -0.1) is 0 Å². The summed E-state index contributed by atoms with van der Waals surface area (Å²) in [7, 11) is -2.83. The van der Waals surface area contributed by atoms with E-state index < -0.39 is 9.84 Å². The fourth-order valence-electron chi connectivity index (χ4n) is 3.34. The molecule has 2 atom stereocenters. The number of nitrogens with one attached hydrogen (secondary N) is 1. The van der Waals surface area contributed by atoms with Gasteiger partial charge in [-0.2, -0.15) is 0 Å². The van der Waals surface area contributed by atoms with E-state index in [-0.39, 0.29) is 5.75 Å². The monoisotopic (exact) mass is 309 g/mol. The number of hydrogen-bond acceptors (Lipinski definition) is 3. The van der Waals surface area contributed by atoms with Crippen LogP contribution in [-0.2, 0) is 16.3 Å². The van der Waals surface area contributed by atoms with E-state index in [4.69, 9.17) is 0 Å². The van der Waals surface area contributed by atoms with E-state index in [9.17, 15) is 8.42 Å². The molecule has 2 unspecified atom stereocenters. The first-order valence-corrected chi connectivity index (χ1v) is 9.91. The lowest BCUT2D eigenvalue weighted by Gasteiger charge is -2.34. The Balaban J connectivity index is 2.03. The molecular formula is C17H27NO2S. The third kappa shape index (κ3) is 4.30. The Morgan fingerprint density at radius 2 is 2.00 bits per heavy atom. The molecule has 0 aliphatic heterocycles. The van der Waals surface area contributed by atoms with Crippen molar-refractivity contribution >= 4 is 9.84 Å². The van der Waals surface area contributed by atoms with Crippen LogP contribution in [0.5, 0.6) is 0 Å². The molecule has 0 saturated heterocycles. The van der Waals surface area contributed by atoms with E-state index in [0.717, 1.165) is 32.2 Å². The van der Waals surface area contributed by atoms with Crippen molar-refractivity contribution in [3.63, 3.8) is 0 Å². The van der Waals surface area contributed by atoms with Gasteiger partial charge in [0.2, 0.25) is 0 Å². The van der Waals surface area contributed by atoms with E-state index in [0.29, 0.717) is 17.7 Å². The van der Waals surface area contributed by atoms with Gasteiger partial charge < -0.3 is 5.32 Å². The SMILES string of the molecule is CCNC1c2ccccc2CCC1CCCS(=O)(=O)CC. The zero-order valence-corrected chi connectivity index (χ0v) is 14.0. The van der Waals surface area contributed by atoms with E-state index in [2.05, 4.69) is 36.5 Å². The number of hydrogen-bond donors (Lipinski definition) is 1. The third-order valence-corrected chi connectivity index (χ3v) is 6.33. The summed E-state index contributed by atoms with van der Waals surface area (Å²) >= 11 is 0. The average Bonchev–Trinajstić information content (AvgIpc) is 2.49. The number of fused-ring (bicyclic) bond motifs is 1. The van der Waals surface area contributed by atoms with E-state index in [1.807, 2.05) is 0 Å². The first-order chi connectivity index (χ1) is 10.1. The average molecular weight is 309 g/mol. The third-order valence-electron chi connectivity index (χ3n) is 4.54. The number of sulfone groups is 1. The molecule has 1 aromatic carbocycles. The van der Waals surface area contributed by atoms with Crippen molar-refractivity contribution in [3.05, 3.63) is 35.4 Å². The largest absolute Gasteiger partial charge is 0.310 e. The molecule has 21 heavy (non-hydrogen) atoms. The molecule has 1 aromatic rings. The summed E-state index contributed by atoms with van der Waals surface area (Å²) in [5.74, 6) is 1.14. The van der Waals surface area contributed by atoms with Gasteiger partial charge in [0.15, 0.2) is 0 Å². The van der Waals surface area contributed by atoms with Crippen LogP contribution in [0.15, 0.2) is 24.3 Å². The smallest absolute Gasteiger partial charge is 0.150 e. The van der Waals surface area contributed by atoms with Crippen molar-refractivity contribution in [3.8, 4) is 0 Å². The van der Waals surface area contributed by atoms with Crippen molar-refractivity contribution in [2.45, 2.75) is 45.6 Å². The van der Waals surface area contributed by atoms with Crippen molar-refractivity contribution in [1.29, 1.82) is 0 Å². The predicted octanol–water partition coefficient (Wildman–Crippen LogP) is 3.11. The summed E-state index contributed by atoms with van der Waals surface area (Å²) < 4.78 is 23.3. The molecule has 0 radical (unpaired) electrons. The van der Waals surface area contributed by atoms with Gasteiger partial charge >= 0.3 is 0 Å². The topological polar surface area (TPSA) is 46.2 Å². The highest BCUT2D eigenvalue weighted by Gasteiger charge is 2.28. The van der Waals surface area contributed by atoms with Gasteiger partial charge in [0, 0.05) is 11.8 Å².